The predicted octanol–water partition coefficient (Wildman–Crippen LogP) is 0.929. The summed E-state index contributed by atoms with van der Waals surface area (Å²) < 4.78 is 9.26. The van der Waals surface area contributed by atoms with Gasteiger partial charge in [0, 0.05) is 0 Å². The molecule has 4 heteroatoms. The monoisotopic (exact) mass is 174 g/mol. The van der Waals surface area contributed by atoms with Gasteiger partial charge in [-0.2, -0.15) is 0 Å². The van der Waals surface area contributed by atoms with Gasteiger partial charge in [-0.3, -0.25) is 0 Å². The van der Waals surface area contributed by atoms with E-state index < -0.39 is 18.4 Å². The summed E-state index contributed by atoms with van der Waals surface area (Å²) in [5, 5.41) is 9.48. The minimum absolute atomic E-state index is 0.173. The van der Waals surface area contributed by atoms with Crippen molar-refractivity contribution >= 4 is 6.16 Å². The van der Waals surface area contributed by atoms with Crippen LogP contribution in [-0.4, -0.2) is 30.1 Å². The van der Waals surface area contributed by atoms with Crippen molar-refractivity contribution in [2.75, 3.05) is 6.61 Å². The Bertz CT molecular complexity index is 166. The van der Waals surface area contributed by atoms with Crippen LogP contribution in [0.3, 0.4) is 0 Å². The second kappa shape index (κ2) is 3.76. The first-order valence-electron chi connectivity index (χ1n) is 4.11. The van der Waals surface area contributed by atoms with Crippen molar-refractivity contribution in [3.63, 3.8) is 0 Å². The molecule has 0 aromatic heterocycles. The molecule has 70 valence electrons. The largest absolute Gasteiger partial charge is 0.508 e. The molecule has 1 rings (SSSR count). The fourth-order valence-corrected chi connectivity index (χ4v) is 1.17. The Kier molecular flexibility index (Phi) is 2.92. The van der Waals surface area contributed by atoms with Crippen LogP contribution in [0.4, 0.5) is 4.79 Å². The molecule has 0 aliphatic carbocycles. The van der Waals surface area contributed by atoms with Gasteiger partial charge in [0.05, 0.1) is 6.10 Å². The van der Waals surface area contributed by atoms with E-state index in [0.29, 0.717) is 12.3 Å². The molecule has 0 aromatic carbocycles. The highest BCUT2D eigenvalue weighted by molar-refractivity contribution is 5.61. The smallest absolute Gasteiger partial charge is 0.430 e. The zero-order valence-corrected chi connectivity index (χ0v) is 7.32. The van der Waals surface area contributed by atoms with E-state index in [2.05, 4.69) is 4.74 Å². The highest BCUT2D eigenvalue weighted by Gasteiger charge is 2.31. The van der Waals surface area contributed by atoms with E-state index in [1.807, 2.05) is 13.8 Å². The van der Waals surface area contributed by atoms with Gasteiger partial charge in [-0.15, -0.1) is 0 Å². The predicted molar refractivity (Wildman–Crippen MR) is 41.7 cm³/mol. The van der Waals surface area contributed by atoms with Crippen LogP contribution in [0.25, 0.3) is 0 Å². The van der Waals surface area contributed by atoms with Crippen LogP contribution >= 0.6 is 0 Å². The SMILES string of the molecule is CC(C)CC(O)C1COC(=O)O1. The number of hydrogen-bond donors (Lipinski definition) is 1. The molecule has 1 aliphatic rings. The lowest BCUT2D eigenvalue weighted by molar-refractivity contribution is 0.0210. The van der Waals surface area contributed by atoms with E-state index in [0.717, 1.165) is 0 Å². The molecule has 0 spiro atoms. The first-order chi connectivity index (χ1) is 5.59. The van der Waals surface area contributed by atoms with Gasteiger partial charge in [0.2, 0.25) is 0 Å². The fraction of sp³-hybridized carbons (Fsp3) is 0.875. The number of hydrogen-bond acceptors (Lipinski definition) is 4. The summed E-state index contributed by atoms with van der Waals surface area (Å²) in [5.41, 5.74) is 0. The van der Waals surface area contributed by atoms with Crippen LogP contribution in [-0.2, 0) is 9.47 Å². The van der Waals surface area contributed by atoms with Gasteiger partial charge < -0.3 is 14.6 Å². The summed E-state index contributed by atoms with van der Waals surface area (Å²) in [6.45, 7) is 4.18. The number of carbonyl (C=O) groups is 1. The Morgan fingerprint density at radius 1 is 1.67 bits per heavy atom. The molecule has 0 saturated carbocycles. The van der Waals surface area contributed by atoms with Crippen molar-refractivity contribution in [3.8, 4) is 0 Å². The lowest BCUT2D eigenvalue weighted by atomic mass is 10.0. The lowest BCUT2D eigenvalue weighted by Crippen LogP contribution is -2.29. The highest BCUT2D eigenvalue weighted by Crippen LogP contribution is 2.15. The standard InChI is InChI=1S/C8H14O4/c1-5(2)3-6(9)7-4-11-8(10)12-7/h5-7,9H,3-4H2,1-2H3. The van der Waals surface area contributed by atoms with Crippen molar-refractivity contribution in [2.45, 2.75) is 32.5 Å². The van der Waals surface area contributed by atoms with E-state index >= 15 is 0 Å². The van der Waals surface area contributed by atoms with Gasteiger partial charge >= 0.3 is 6.16 Å². The summed E-state index contributed by atoms with van der Waals surface area (Å²) in [7, 11) is 0. The number of cyclic esters (lactones) is 2. The van der Waals surface area contributed by atoms with E-state index in [1.54, 1.807) is 0 Å². The van der Waals surface area contributed by atoms with Crippen LogP contribution in [0.5, 0.6) is 0 Å². The van der Waals surface area contributed by atoms with Crippen LogP contribution < -0.4 is 0 Å². The molecular formula is C8H14O4. The van der Waals surface area contributed by atoms with Gasteiger partial charge in [-0.25, -0.2) is 4.79 Å². The maximum Gasteiger partial charge on any atom is 0.508 e. The average Bonchev–Trinajstić information content (AvgIpc) is 2.34. The minimum Gasteiger partial charge on any atom is -0.430 e. The van der Waals surface area contributed by atoms with E-state index in [-0.39, 0.29) is 6.61 Å². The quantitative estimate of drug-likeness (QED) is 0.646. The number of rotatable bonds is 3. The number of ether oxygens (including phenoxy) is 2. The molecule has 12 heavy (non-hydrogen) atoms. The summed E-state index contributed by atoms with van der Waals surface area (Å²) in [6, 6.07) is 0. The lowest BCUT2D eigenvalue weighted by Gasteiger charge is -2.16. The van der Waals surface area contributed by atoms with E-state index in [1.165, 1.54) is 0 Å². The maximum absolute atomic E-state index is 10.5. The van der Waals surface area contributed by atoms with Gasteiger partial charge in [0.15, 0.2) is 6.10 Å². The molecule has 1 N–H and O–H groups in total. The Morgan fingerprint density at radius 3 is 2.75 bits per heavy atom. The van der Waals surface area contributed by atoms with Crippen molar-refractivity contribution < 1.29 is 19.4 Å². The number of aliphatic hydroxyl groups excluding tert-OH is 1. The molecule has 1 saturated heterocycles. The first-order valence-corrected chi connectivity index (χ1v) is 4.11. The Labute approximate surface area is 71.5 Å². The number of aliphatic hydroxyl groups is 1. The highest BCUT2D eigenvalue weighted by atomic mass is 16.8. The Morgan fingerprint density at radius 2 is 2.33 bits per heavy atom. The normalized spacial score (nSPS) is 25.3. The van der Waals surface area contributed by atoms with E-state index in [9.17, 15) is 9.90 Å². The molecule has 1 heterocycles. The van der Waals surface area contributed by atoms with E-state index in [4.69, 9.17) is 4.74 Å². The Balaban J connectivity index is 2.32. The summed E-state index contributed by atoms with van der Waals surface area (Å²) >= 11 is 0. The zero-order chi connectivity index (χ0) is 9.14. The topological polar surface area (TPSA) is 55.8 Å². The molecule has 2 atom stereocenters. The van der Waals surface area contributed by atoms with Gasteiger partial charge in [0.25, 0.3) is 0 Å². The number of carbonyl (C=O) groups excluding carboxylic acids is 1. The van der Waals surface area contributed by atoms with Gasteiger partial charge in [0.1, 0.15) is 6.61 Å². The maximum atomic E-state index is 10.5. The van der Waals surface area contributed by atoms with Gasteiger partial charge in [-0.05, 0) is 12.3 Å². The first kappa shape index (κ1) is 9.32. The third-order valence-corrected chi connectivity index (χ3v) is 1.76. The molecule has 0 aromatic rings. The third-order valence-electron chi connectivity index (χ3n) is 1.76. The molecule has 0 amide bonds. The van der Waals surface area contributed by atoms with Crippen LogP contribution in [0, 0.1) is 5.92 Å². The van der Waals surface area contributed by atoms with Crippen molar-refractivity contribution in [2.24, 2.45) is 5.92 Å². The molecule has 0 bridgehead atoms. The summed E-state index contributed by atoms with van der Waals surface area (Å²) in [4.78, 5) is 10.5. The van der Waals surface area contributed by atoms with Crippen molar-refractivity contribution in [1.29, 1.82) is 0 Å². The second-order valence-electron chi connectivity index (χ2n) is 3.41. The van der Waals surface area contributed by atoms with Crippen molar-refractivity contribution in [1.82, 2.24) is 0 Å². The summed E-state index contributed by atoms with van der Waals surface area (Å²) in [5.74, 6) is 0.388. The molecule has 0 radical (unpaired) electrons. The summed E-state index contributed by atoms with van der Waals surface area (Å²) in [6.07, 6.45) is -1.12. The second-order valence-corrected chi connectivity index (χ2v) is 3.41. The fourth-order valence-electron chi connectivity index (χ4n) is 1.17. The molecule has 1 fully saturated rings. The molecule has 1 aliphatic heterocycles. The van der Waals surface area contributed by atoms with Crippen LogP contribution in [0.2, 0.25) is 0 Å². The molecule has 4 nitrogen and oxygen atoms in total. The molecule has 2 unspecified atom stereocenters. The Hall–Kier alpha value is -0.770. The third kappa shape index (κ3) is 2.37. The van der Waals surface area contributed by atoms with Gasteiger partial charge in [-0.1, -0.05) is 13.8 Å². The van der Waals surface area contributed by atoms with Crippen LogP contribution in [0.15, 0.2) is 0 Å². The average molecular weight is 174 g/mol. The van der Waals surface area contributed by atoms with Crippen LogP contribution in [0.1, 0.15) is 20.3 Å². The zero-order valence-electron chi connectivity index (χ0n) is 7.32. The molecular weight excluding hydrogens is 160 g/mol. The minimum atomic E-state index is -0.678. The van der Waals surface area contributed by atoms with Crippen molar-refractivity contribution in [3.05, 3.63) is 0 Å².